The van der Waals surface area contributed by atoms with Crippen LogP contribution in [0.1, 0.15) is 31.8 Å². The summed E-state index contributed by atoms with van der Waals surface area (Å²) in [5.41, 5.74) is 8.31. The lowest BCUT2D eigenvalue weighted by Crippen LogP contribution is -2.24. The van der Waals surface area contributed by atoms with Gasteiger partial charge in [0.05, 0.1) is 16.8 Å². The van der Waals surface area contributed by atoms with E-state index in [9.17, 15) is 14.4 Å². The number of nitrogens with two attached hydrogens (primary N) is 1. The fraction of sp³-hybridized carbons (Fsp3) is 0.0952. The Morgan fingerprint density at radius 1 is 0.857 bits per heavy atom. The molecule has 28 heavy (non-hydrogen) atoms. The number of aromatic nitrogens is 1. The predicted octanol–water partition coefficient (Wildman–Crippen LogP) is 2.71. The number of hydrogen-bond donors (Lipinski definition) is 2. The molecule has 1 aliphatic rings. The van der Waals surface area contributed by atoms with Gasteiger partial charge in [-0.1, -0.05) is 6.07 Å². The molecule has 2 amide bonds. The Hall–Kier alpha value is -3.87. The molecule has 2 heterocycles. The Morgan fingerprint density at radius 2 is 1.54 bits per heavy atom. The third-order valence-corrected chi connectivity index (χ3v) is 4.76. The zero-order chi connectivity index (χ0) is 20.0. The number of anilines is 1. The molecule has 7 heteroatoms. The van der Waals surface area contributed by atoms with Crippen LogP contribution < -0.4 is 21.3 Å². The highest BCUT2D eigenvalue weighted by atomic mass is 16.5. The Kier molecular flexibility index (Phi) is 4.00. The molecule has 0 saturated heterocycles. The summed E-state index contributed by atoms with van der Waals surface area (Å²) < 4.78 is 7.03. The molecule has 0 aliphatic carbocycles. The van der Waals surface area contributed by atoms with E-state index in [0.29, 0.717) is 17.2 Å². The highest BCUT2D eigenvalue weighted by Gasteiger charge is 2.31. The number of ether oxygens (including phenoxy) is 1. The zero-order valence-electron chi connectivity index (χ0n) is 15.3. The summed E-state index contributed by atoms with van der Waals surface area (Å²) >= 11 is 0. The van der Waals surface area contributed by atoms with Crippen molar-refractivity contribution in [1.82, 2.24) is 9.88 Å². The van der Waals surface area contributed by atoms with Crippen molar-refractivity contribution < 1.29 is 14.3 Å². The fourth-order valence-electron chi connectivity index (χ4n) is 3.12. The van der Waals surface area contributed by atoms with Gasteiger partial charge in [0.2, 0.25) is 0 Å². The van der Waals surface area contributed by atoms with Crippen LogP contribution in [0.5, 0.6) is 11.5 Å². The lowest BCUT2D eigenvalue weighted by molar-refractivity contribution is 0.0880. The van der Waals surface area contributed by atoms with Gasteiger partial charge in [0, 0.05) is 6.07 Å². The molecule has 4 rings (SSSR count). The molecule has 3 N–H and O–H groups in total. The maximum atomic E-state index is 12.5. The summed E-state index contributed by atoms with van der Waals surface area (Å²) in [5, 5.41) is 2.14. The van der Waals surface area contributed by atoms with Crippen molar-refractivity contribution in [2.75, 3.05) is 5.73 Å². The highest BCUT2D eigenvalue weighted by molar-refractivity contribution is 6.23. The van der Waals surface area contributed by atoms with E-state index in [1.54, 1.807) is 24.3 Å². The van der Waals surface area contributed by atoms with Gasteiger partial charge in [-0.15, -0.1) is 0 Å². The number of pyridine rings is 1. The van der Waals surface area contributed by atoms with Gasteiger partial charge in [-0.3, -0.25) is 24.3 Å². The van der Waals surface area contributed by atoms with Crippen LogP contribution in [0.15, 0.2) is 53.3 Å². The smallest absolute Gasteiger partial charge is 0.262 e. The first-order valence-corrected chi connectivity index (χ1v) is 8.62. The van der Waals surface area contributed by atoms with E-state index < -0.39 is 17.4 Å². The first kappa shape index (κ1) is 17.5. The largest absolute Gasteiger partial charge is 0.457 e. The van der Waals surface area contributed by atoms with Crippen molar-refractivity contribution in [1.29, 1.82) is 0 Å². The van der Waals surface area contributed by atoms with Crippen LogP contribution in [0.4, 0.5) is 5.82 Å². The van der Waals surface area contributed by atoms with E-state index in [2.05, 4.69) is 5.32 Å². The number of benzene rings is 2. The SMILES string of the molecule is Cc1ccc(Oc2ccc(-n3c(N)c4c(cc3=O)C(=O)NC4=O)cc2)cc1C. The van der Waals surface area contributed by atoms with Crippen molar-refractivity contribution in [3.8, 4) is 17.2 Å². The average molecular weight is 375 g/mol. The molecule has 0 radical (unpaired) electrons. The molecule has 0 spiro atoms. The van der Waals surface area contributed by atoms with Gasteiger partial charge in [0.25, 0.3) is 17.4 Å². The topological polar surface area (TPSA) is 103 Å². The molecule has 1 aromatic heterocycles. The maximum absolute atomic E-state index is 12.5. The van der Waals surface area contributed by atoms with Crippen LogP contribution >= 0.6 is 0 Å². The Bertz CT molecular complexity index is 1190. The monoisotopic (exact) mass is 375 g/mol. The summed E-state index contributed by atoms with van der Waals surface area (Å²) in [7, 11) is 0. The molecule has 3 aromatic rings. The third-order valence-electron chi connectivity index (χ3n) is 4.76. The molecule has 2 aromatic carbocycles. The van der Waals surface area contributed by atoms with Crippen molar-refractivity contribution >= 4 is 17.6 Å². The number of imide groups is 1. The van der Waals surface area contributed by atoms with Crippen LogP contribution in [0.25, 0.3) is 5.69 Å². The molecule has 0 bridgehead atoms. The average Bonchev–Trinajstić information content (AvgIpc) is 2.93. The van der Waals surface area contributed by atoms with E-state index in [1.165, 1.54) is 10.1 Å². The van der Waals surface area contributed by atoms with Gasteiger partial charge < -0.3 is 10.5 Å². The molecular weight excluding hydrogens is 358 g/mol. The van der Waals surface area contributed by atoms with Gasteiger partial charge in [0.1, 0.15) is 17.3 Å². The minimum atomic E-state index is -0.618. The van der Waals surface area contributed by atoms with Crippen molar-refractivity contribution in [2.45, 2.75) is 13.8 Å². The first-order chi connectivity index (χ1) is 13.3. The van der Waals surface area contributed by atoms with Gasteiger partial charge in [-0.05, 0) is 61.4 Å². The highest BCUT2D eigenvalue weighted by Crippen LogP contribution is 2.26. The molecule has 140 valence electrons. The van der Waals surface area contributed by atoms with E-state index in [1.807, 2.05) is 32.0 Å². The Morgan fingerprint density at radius 3 is 2.21 bits per heavy atom. The lowest BCUT2D eigenvalue weighted by Gasteiger charge is -2.13. The minimum absolute atomic E-state index is 0.00144. The quantitative estimate of drug-likeness (QED) is 0.685. The lowest BCUT2D eigenvalue weighted by atomic mass is 10.1. The predicted molar refractivity (Wildman–Crippen MR) is 104 cm³/mol. The van der Waals surface area contributed by atoms with Gasteiger partial charge >= 0.3 is 0 Å². The summed E-state index contributed by atoms with van der Waals surface area (Å²) in [6.07, 6.45) is 0. The van der Waals surface area contributed by atoms with Crippen LogP contribution in [0.2, 0.25) is 0 Å². The summed E-state index contributed by atoms with van der Waals surface area (Å²) in [6, 6.07) is 13.7. The second kappa shape index (κ2) is 6.38. The molecule has 1 aliphatic heterocycles. The second-order valence-corrected chi connectivity index (χ2v) is 6.62. The van der Waals surface area contributed by atoms with E-state index in [0.717, 1.165) is 11.6 Å². The third kappa shape index (κ3) is 2.83. The fourth-order valence-corrected chi connectivity index (χ4v) is 3.12. The summed E-state index contributed by atoms with van der Waals surface area (Å²) in [6.45, 7) is 4.04. The number of amides is 2. The number of nitrogens with zero attached hydrogens (tertiary/aromatic N) is 1. The number of nitrogen functional groups attached to an aromatic ring is 1. The second-order valence-electron chi connectivity index (χ2n) is 6.62. The molecular formula is C21H17N3O4. The molecule has 7 nitrogen and oxygen atoms in total. The van der Waals surface area contributed by atoms with Gasteiger partial charge in [-0.25, -0.2) is 0 Å². The summed E-state index contributed by atoms with van der Waals surface area (Å²) in [5.74, 6) is -0.00402. The molecule has 0 saturated carbocycles. The molecule has 0 unspecified atom stereocenters. The number of nitrogens with one attached hydrogen (secondary N) is 1. The Balaban J connectivity index is 1.69. The van der Waals surface area contributed by atoms with Crippen molar-refractivity contribution in [3.05, 3.63) is 81.1 Å². The number of hydrogen-bond acceptors (Lipinski definition) is 5. The van der Waals surface area contributed by atoms with Gasteiger partial charge in [0.15, 0.2) is 0 Å². The van der Waals surface area contributed by atoms with Crippen LogP contribution in [0.3, 0.4) is 0 Å². The van der Waals surface area contributed by atoms with Crippen LogP contribution in [0, 0.1) is 13.8 Å². The maximum Gasteiger partial charge on any atom is 0.262 e. The zero-order valence-corrected chi connectivity index (χ0v) is 15.3. The number of fused-ring (bicyclic) bond motifs is 1. The molecule has 0 atom stereocenters. The van der Waals surface area contributed by atoms with E-state index in [-0.39, 0.29) is 16.9 Å². The number of rotatable bonds is 3. The van der Waals surface area contributed by atoms with E-state index in [4.69, 9.17) is 10.5 Å². The summed E-state index contributed by atoms with van der Waals surface area (Å²) in [4.78, 5) is 36.2. The van der Waals surface area contributed by atoms with Crippen LogP contribution in [-0.2, 0) is 0 Å². The number of carbonyl (C=O) groups excluding carboxylic acids is 2. The number of carbonyl (C=O) groups is 2. The number of aryl methyl sites for hydroxylation is 2. The van der Waals surface area contributed by atoms with Gasteiger partial charge in [-0.2, -0.15) is 0 Å². The normalized spacial score (nSPS) is 12.6. The Labute approximate surface area is 160 Å². The first-order valence-electron chi connectivity index (χ1n) is 8.62. The standard InChI is InChI=1S/C21H17N3O4/c1-11-3-6-15(9-12(11)2)28-14-7-4-13(5-8-14)24-17(25)10-16-18(19(24)22)21(27)23-20(16)26/h3-10H,22H2,1-2H3,(H,23,26,27). The van der Waals surface area contributed by atoms with E-state index >= 15 is 0 Å². The van der Waals surface area contributed by atoms with Crippen molar-refractivity contribution in [2.24, 2.45) is 0 Å². The minimum Gasteiger partial charge on any atom is -0.457 e. The van der Waals surface area contributed by atoms with Crippen molar-refractivity contribution in [3.63, 3.8) is 0 Å². The van der Waals surface area contributed by atoms with Crippen LogP contribution in [-0.4, -0.2) is 16.4 Å². The molecule has 0 fully saturated rings.